The van der Waals surface area contributed by atoms with Crippen LogP contribution in [0, 0.1) is 0 Å². The van der Waals surface area contributed by atoms with E-state index in [0.717, 1.165) is 16.6 Å². The van der Waals surface area contributed by atoms with Crippen LogP contribution in [0.4, 0.5) is 18.9 Å². The fraction of sp³-hybridized carbons (Fsp3) is 0.333. The van der Waals surface area contributed by atoms with Gasteiger partial charge in [-0.2, -0.15) is 13.2 Å². The number of carbonyl (C=O) groups is 2. The molecule has 0 atom stereocenters. The molecule has 2 aromatic carbocycles. The van der Waals surface area contributed by atoms with Crippen molar-refractivity contribution in [3.8, 4) is 0 Å². The molecule has 2 aromatic rings. The summed E-state index contributed by atoms with van der Waals surface area (Å²) in [5.74, 6) is -0.201. The Morgan fingerprint density at radius 1 is 0.931 bits per heavy atom. The number of hydrogen-bond acceptors (Lipinski definition) is 3. The van der Waals surface area contributed by atoms with Gasteiger partial charge in [-0.05, 0) is 30.3 Å². The second-order valence-corrected chi connectivity index (χ2v) is 7.76. The van der Waals surface area contributed by atoms with Crippen LogP contribution < -0.4 is 4.90 Å². The maximum absolute atomic E-state index is 12.9. The van der Waals surface area contributed by atoms with Gasteiger partial charge in [0.1, 0.15) is 0 Å². The van der Waals surface area contributed by atoms with Crippen molar-refractivity contribution in [1.29, 1.82) is 0 Å². The number of hydrogen-bond donors (Lipinski definition) is 0. The number of piperazine rings is 1. The Labute approximate surface area is 175 Å². The number of anilines is 1. The van der Waals surface area contributed by atoms with Gasteiger partial charge in [-0.15, -0.1) is 0 Å². The molecule has 154 valence electrons. The van der Waals surface area contributed by atoms with Crippen molar-refractivity contribution < 1.29 is 22.8 Å². The maximum atomic E-state index is 12.9. The molecule has 0 saturated carbocycles. The highest BCUT2D eigenvalue weighted by atomic mass is 79.9. The minimum Gasteiger partial charge on any atom is -0.368 e. The third-order valence-electron chi connectivity index (χ3n) is 4.90. The van der Waals surface area contributed by atoms with Gasteiger partial charge >= 0.3 is 6.18 Å². The summed E-state index contributed by atoms with van der Waals surface area (Å²) >= 11 is 3.31. The van der Waals surface area contributed by atoms with Gasteiger partial charge in [0.25, 0.3) is 0 Å². The van der Waals surface area contributed by atoms with Crippen molar-refractivity contribution in [2.45, 2.75) is 19.0 Å². The summed E-state index contributed by atoms with van der Waals surface area (Å²) < 4.78 is 39.6. The van der Waals surface area contributed by atoms with Gasteiger partial charge in [0.15, 0.2) is 5.78 Å². The average Bonchev–Trinajstić information content (AvgIpc) is 2.72. The van der Waals surface area contributed by atoms with Crippen LogP contribution in [0.3, 0.4) is 0 Å². The predicted octanol–water partition coefficient (Wildman–Crippen LogP) is 4.78. The summed E-state index contributed by atoms with van der Waals surface area (Å²) in [5, 5.41) is 0. The van der Waals surface area contributed by atoms with Crippen LogP contribution in [0.25, 0.3) is 0 Å². The summed E-state index contributed by atoms with van der Waals surface area (Å²) in [7, 11) is 0. The normalized spacial score (nSPS) is 14.8. The summed E-state index contributed by atoms with van der Waals surface area (Å²) in [6.45, 7) is 1.74. The van der Waals surface area contributed by atoms with Crippen LogP contribution in [0.5, 0.6) is 0 Å². The van der Waals surface area contributed by atoms with Gasteiger partial charge in [-0.3, -0.25) is 9.59 Å². The van der Waals surface area contributed by atoms with Gasteiger partial charge in [-0.1, -0.05) is 34.1 Å². The van der Waals surface area contributed by atoms with Crippen molar-refractivity contribution >= 4 is 33.3 Å². The highest BCUT2D eigenvalue weighted by Crippen LogP contribution is 2.31. The van der Waals surface area contributed by atoms with Gasteiger partial charge in [0, 0.05) is 54.7 Å². The van der Waals surface area contributed by atoms with Crippen LogP contribution in [-0.2, 0) is 11.0 Å². The van der Waals surface area contributed by atoms with Crippen molar-refractivity contribution in [1.82, 2.24) is 4.90 Å². The summed E-state index contributed by atoms with van der Waals surface area (Å²) in [6.07, 6.45) is -4.12. The lowest BCUT2D eigenvalue weighted by Gasteiger charge is -2.36. The largest absolute Gasteiger partial charge is 0.416 e. The number of halogens is 4. The SMILES string of the molecule is O=C(CCC(=O)N1CCN(c2cccc(C(F)(F)F)c2)CC1)c1ccc(Br)cc1. The second kappa shape index (κ2) is 8.98. The topological polar surface area (TPSA) is 40.6 Å². The van der Waals surface area contributed by atoms with Gasteiger partial charge < -0.3 is 9.80 Å². The smallest absolute Gasteiger partial charge is 0.368 e. The molecule has 1 fully saturated rings. The van der Waals surface area contributed by atoms with Crippen LogP contribution in [0.1, 0.15) is 28.8 Å². The van der Waals surface area contributed by atoms with E-state index in [9.17, 15) is 22.8 Å². The molecule has 4 nitrogen and oxygen atoms in total. The molecule has 1 aliphatic heterocycles. The zero-order chi connectivity index (χ0) is 21.0. The fourth-order valence-electron chi connectivity index (χ4n) is 3.25. The molecular formula is C21H20BrF3N2O2. The monoisotopic (exact) mass is 468 g/mol. The van der Waals surface area contributed by atoms with E-state index >= 15 is 0 Å². The molecule has 1 aliphatic rings. The fourth-order valence-corrected chi connectivity index (χ4v) is 3.52. The number of ketones is 1. The number of Topliss-reactive ketones (excluding diaryl/α,β-unsaturated/α-hetero) is 1. The van der Waals surface area contributed by atoms with Gasteiger partial charge in [-0.25, -0.2) is 0 Å². The molecule has 1 saturated heterocycles. The number of carbonyl (C=O) groups excluding carboxylic acids is 2. The Balaban J connectivity index is 1.51. The Hall–Kier alpha value is -2.35. The standard InChI is InChI=1S/C21H20BrF3N2O2/c22-17-6-4-15(5-7-17)19(28)8-9-20(29)27-12-10-26(11-13-27)18-3-1-2-16(14-18)21(23,24)25/h1-7,14H,8-13H2. The van der Waals surface area contributed by atoms with Crippen LogP contribution in [0.2, 0.25) is 0 Å². The van der Waals surface area contributed by atoms with E-state index in [1.54, 1.807) is 35.2 Å². The maximum Gasteiger partial charge on any atom is 0.416 e. The quantitative estimate of drug-likeness (QED) is 0.592. The van der Waals surface area contributed by atoms with E-state index in [1.165, 1.54) is 6.07 Å². The molecule has 0 unspecified atom stereocenters. The number of nitrogens with zero attached hydrogens (tertiary/aromatic N) is 2. The predicted molar refractivity (Wildman–Crippen MR) is 108 cm³/mol. The van der Waals surface area contributed by atoms with Crippen LogP contribution in [0.15, 0.2) is 53.0 Å². The minimum atomic E-state index is -4.38. The first-order valence-electron chi connectivity index (χ1n) is 9.23. The summed E-state index contributed by atoms with van der Waals surface area (Å²) in [5.41, 5.74) is 0.382. The third-order valence-corrected chi connectivity index (χ3v) is 5.43. The lowest BCUT2D eigenvalue weighted by Crippen LogP contribution is -2.48. The molecule has 29 heavy (non-hydrogen) atoms. The number of benzene rings is 2. The lowest BCUT2D eigenvalue weighted by atomic mass is 10.1. The van der Waals surface area contributed by atoms with E-state index in [4.69, 9.17) is 0 Å². The molecule has 0 spiro atoms. The molecule has 3 rings (SSSR count). The zero-order valence-electron chi connectivity index (χ0n) is 15.6. The van der Waals surface area contributed by atoms with E-state index in [-0.39, 0.29) is 24.5 Å². The molecule has 1 amide bonds. The third kappa shape index (κ3) is 5.59. The molecule has 0 N–H and O–H groups in total. The van der Waals surface area contributed by atoms with E-state index < -0.39 is 11.7 Å². The van der Waals surface area contributed by atoms with Crippen LogP contribution in [-0.4, -0.2) is 42.8 Å². The van der Waals surface area contributed by atoms with Crippen molar-refractivity contribution in [3.05, 3.63) is 64.1 Å². The molecule has 0 aliphatic carbocycles. The first-order chi connectivity index (χ1) is 13.7. The zero-order valence-corrected chi connectivity index (χ0v) is 17.2. The summed E-state index contributed by atoms with van der Waals surface area (Å²) in [6, 6.07) is 12.2. The van der Waals surface area contributed by atoms with Crippen molar-refractivity contribution in [2.75, 3.05) is 31.1 Å². The number of rotatable bonds is 5. The van der Waals surface area contributed by atoms with Crippen molar-refractivity contribution in [3.63, 3.8) is 0 Å². The first kappa shape index (κ1) is 21.4. The van der Waals surface area contributed by atoms with Crippen molar-refractivity contribution in [2.24, 2.45) is 0 Å². The van der Waals surface area contributed by atoms with E-state index in [0.29, 0.717) is 37.4 Å². The molecule has 8 heteroatoms. The summed E-state index contributed by atoms with van der Waals surface area (Å²) in [4.78, 5) is 28.1. The highest BCUT2D eigenvalue weighted by Gasteiger charge is 2.31. The first-order valence-corrected chi connectivity index (χ1v) is 10.0. The Morgan fingerprint density at radius 3 is 2.21 bits per heavy atom. The molecular weight excluding hydrogens is 449 g/mol. The van der Waals surface area contributed by atoms with E-state index in [1.807, 2.05) is 4.90 Å². The number of amides is 1. The lowest BCUT2D eigenvalue weighted by molar-refractivity contribution is -0.137. The Kier molecular flexibility index (Phi) is 6.62. The second-order valence-electron chi connectivity index (χ2n) is 6.85. The molecule has 1 heterocycles. The van der Waals surface area contributed by atoms with Gasteiger partial charge in [0.2, 0.25) is 5.91 Å². The highest BCUT2D eigenvalue weighted by molar-refractivity contribution is 9.10. The average molecular weight is 469 g/mol. The minimum absolute atomic E-state index is 0.0894. The Morgan fingerprint density at radius 2 is 1.59 bits per heavy atom. The molecule has 0 bridgehead atoms. The molecule has 0 radical (unpaired) electrons. The molecule has 0 aromatic heterocycles. The van der Waals surface area contributed by atoms with Gasteiger partial charge in [0.05, 0.1) is 5.56 Å². The van der Waals surface area contributed by atoms with Crippen LogP contribution >= 0.6 is 15.9 Å². The number of alkyl halides is 3. The Bertz CT molecular complexity index is 876. The van der Waals surface area contributed by atoms with E-state index in [2.05, 4.69) is 15.9 Å².